The molecule has 0 saturated carbocycles. The smallest absolute Gasteiger partial charge is 0.350 e. The first-order valence-electron chi connectivity index (χ1n) is 7.09. The molecule has 1 atom stereocenters. The van der Waals surface area contributed by atoms with Crippen LogP contribution in [0.3, 0.4) is 0 Å². The van der Waals surface area contributed by atoms with Gasteiger partial charge in [0.1, 0.15) is 12.4 Å². The highest BCUT2D eigenvalue weighted by Crippen LogP contribution is 2.22. The van der Waals surface area contributed by atoms with Crippen LogP contribution in [0.15, 0.2) is 60.7 Å². The lowest BCUT2D eigenvalue weighted by Gasteiger charge is -2.27. The zero-order chi connectivity index (χ0) is 15.1. The van der Waals surface area contributed by atoms with E-state index in [0.717, 1.165) is 5.56 Å². The van der Waals surface area contributed by atoms with Crippen LogP contribution in [0, 0.1) is 0 Å². The third kappa shape index (κ3) is 4.09. The second kappa shape index (κ2) is 6.93. The summed E-state index contributed by atoms with van der Waals surface area (Å²) in [5.41, 5.74) is -0.0140. The summed E-state index contributed by atoms with van der Waals surface area (Å²) in [5.74, 6) is 0.316. The zero-order valence-electron chi connectivity index (χ0n) is 12.4. The second-order valence-electron chi connectivity index (χ2n) is 5.06. The highest BCUT2D eigenvalue weighted by Gasteiger charge is 2.35. The Bertz CT molecular complexity index is 566. The molecule has 0 saturated heterocycles. The van der Waals surface area contributed by atoms with Crippen LogP contribution < -0.4 is 4.74 Å². The van der Waals surface area contributed by atoms with E-state index in [9.17, 15) is 4.79 Å². The largest absolute Gasteiger partial charge is 0.476 e. The lowest BCUT2D eigenvalue weighted by molar-refractivity contribution is -0.162. The maximum Gasteiger partial charge on any atom is 0.350 e. The molecule has 0 aliphatic carbocycles. The highest BCUT2D eigenvalue weighted by molar-refractivity contribution is 5.79. The number of carbonyl (C=O) groups is 1. The van der Waals surface area contributed by atoms with Gasteiger partial charge in [-0.1, -0.05) is 55.5 Å². The lowest BCUT2D eigenvalue weighted by Crippen LogP contribution is -2.42. The Balaban J connectivity index is 2.00. The molecule has 0 spiro atoms. The zero-order valence-corrected chi connectivity index (χ0v) is 12.4. The predicted molar refractivity (Wildman–Crippen MR) is 82.0 cm³/mol. The Labute approximate surface area is 125 Å². The maximum atomic E-state index is 12.3. The van der Waals surface area contributed by atoms with Crippen molar-refractivity contribution in [3.63, 3.8) is 0 Å². The minimum atomic E-state index is -0.976. The van der Waals surface area contributed by atoms with Crippen LogP contribution >= 0.6 is 0 Å². The van der Waals surface area contributed by atoms with Crippen molar-refractivity contribution in [2.75, 3.05) is 0 Å². The molecule has 1 unspecified atom stereocenters. The summed E-state index contributed by atoms with van der Waals surface area (Å²) in [7, 11) is 0. The topological polar surface area (TPSA) is 35.5 Å². The molecule has 0 aromatic heterocycles. The minimum absolute atomic E-state index is 0.257. The van der Waals surface area contributed by atoms with Gasteiger partial charge in [0.25, 0.3) is 0 Å². The third-order valence-corrected chi connectivity index (χ3v) is 3.41. The normalized spacial score (nSPS) is 13.2. The molecule has 0 bridgehead atoms. The van der Waals surface area contributed by atoms with E-state index >= 15 is 0 Å². The van der Waals surface area contributed by atoms with Crippen molar-refractivity contribution in [2.24, 2.45) is 0 Å². The van der Waals surface area contributed by atoms with E-state index in [2.05, 4.69) is 0 Å². The fraction of sp³-hybridized carbons (Fsp3) is 0.278. The van der Waals surface area contributed by atoms with Gasteiger partial charge >= 0.3 is 5.97 Å². The van der Waals surface area contributed by atoms with Crippen molar-refractivity contribution in [1.29, 1.82) is 0 Å². The molecule has 0 heterocycles. The maximum absolute atomic E-state index is 12.3. The van der Waals surface area contributed by atoms with Crippen LogP contribution in [0.5, 0.6) is 5.75 Å². The van der Waals surface area contributed by atoms with Crippen molar-refractivity contribution in [1.82, 2.24) is 0 Å². The van der Waals surface area contributed by atoms with E-state index in [1.807, 2.05) is 67.6 Å². The Hall–Kier alpha value is -2.29. The molecular weight excluding hydrogens is 264 g/mol. The van der Waals surface area contributed by atoms with Gasteiger partial charge in [0.05, 0.1) is 0 Å². The SMILES string of the molecule is CCC(C)(Oc1ccccc1)C(=O)OCc1ccccc1. The second-order valence-corrected chi connectivity index (χ2v) is 5.06. The summed E-state index contributed by atoms with van der Waals surface area (Å²) in [6.45, 7) is 3.92. The Morgan fingerprint density at radius 2 is 1.57 bits per heavy atom. The first-order chi connectivity index (χ1) is 10.1. The van der Waals surface area contributed by atoms with Gasteiger partial charge in [-0.05, 0) is 31.0 Å². The summed E-state index contributed by atoms with van der Waals surface area (Å²) in [4.78, 5) is 12.3. The number of carbonyl (C=O) groups excluding carboxylic acids is 1. The Morgan fingerprint density at radius 3 is 2.14 bits per heavy atom. The molecule has 0 amide bonds. The van der Waals surface area contributed by atoms with Crippen molar-refractivity contribution >= 4 is 5.97 Å². The molecule has 0 fully saturated rings. The van der Waals surface area contributed by atoms with Gasteiger partial charge in [-0.15, -0.1) is 0 Å². The van der Waals surface area contributed by atoms with E-state index in [-0.39, 0.29) is 12.6 Å². The predicted octanol–water partition coefficient (Wildman–Crippen LogP) is 3.98. The third-order valence-electron chi connectivity index (χ3n) is 3.41. The number of benzene rings is 2. The van der Waals surface area contributed by atoms with E-state index in [0.29, 0.717) is 12.2 Å². The van der Waals surface area contributed by atoms with Gasteiger partial charge in [0.15, 0.2) is 0 Å². The van der Waals surface area contributed by atoms with Gasteiger partial charge in [0.2, 0.25) is 5.60 Å². The summed E-state index contributed by atoms with van der Waals surface area (Å²) in [6.07, 6.45) is 0.537. The fourth-order valence-electron chi connectivity index (χ4n) is 1.88. The van der Waals surface area contributed by atoms with E-state index in [1.54, 1.807) is 6.92 Å². The molecule has 3 heteroatoms. The summed E-state index contributed by atoms with van der Waals surface area (Å²) >= 11 is 0. The van der Waals surface area contributed by atoms with Gasteiger partial charge in [-0.3, -0.25) is 0 Å². The molecule has 0 N–H and O–H groups in total. The molecule has 0 radical (unpaired) electrons. The number of hydrogen-bond donors (Lipinski definition) is 0. The van der Waals surface area contributed by atoms with Gasteiger partial charge in [0, 0.05) is 0 Å². The Kier molecular flexibility index (Phi) is 4.99. The molecule has 2 aromatic rings. The van der Waals surface area contributed by atoms with E-state index in [1.165, 1.54) is 0 Å². The Morgan fingerprint density at radius 1 is 1.00 bits per heavy atom. The van der Waals surface area contributed by atoms with Crippen molar-refractivity contribution in [3.05, 3.63) is 66.2 Å². The van der Waals surface area contributed by atoms with Gasteiger partial charge in [-0.25, -0.2) is 4.79 Å². The van der Waals surface area contributed by atoms with E-state index in [4.69, 9.17) is 9.47 Å². The highest BCUT2D eigenvalue weighted by atomic mass is 16.6. The number of esters is 1. The van der Waals surface area contributed by atoms with Crippen LogP contribution in [0.4, 0.5) is 0 Å². The number of para-hydroxylation sites is 1. The summed E-state index contributed by atoms with van der Waals surface area (Å²) in [6, 6.07) is 18.9. The van der Waals surface area contributed by atoms with E-state index < -0.39 is 5.60 Å². The average Bonchev–Trinajstić information content (AvgIpc) is 2.54. The molecule has 2 rings (SSSR count). The summed E-state index contributed by atoms with van der Waals surface area (Å²) < 4.78 is 11.2. The van der Waals surface area contributed by atoms with Crippen LogP contribution in [-0.4, -0.2) is 11.6 Å². The molecule has 0 aliphatic heterocycles. The standard InChI is InChI=1S/C18H20O3/c1-3-18(2,21-16-12-8-5-9-13-16)17(19)20-14-15-10-6-4-7-11-15/h4-13H,3,14H2,1-2H3. The average molecular weight is 284 g/mol. The molecule has 2 aromatic carbocycles. The van der Waals surface area contributed by atoms with Crippen molar-refractivity contribution in [3.8, 4) is 5.75 Å². The molecule has 3 nitrogen and oxygen atoms in total. The molecule has 0 aliphatic rings. The number of hydrogen-bond acceptors (Lipinski definition) is 3. The lowest BCUT2D eigenvalue weighted by atomic mass is 10.0. The van der Waals surface area contributed by atoms with Gasteiger partial charge in [-0.2, -0.15) is 0 Å². The fourth-order valence-corrected chi connectivity index (χ4v) is 1.88. The number of ether oxygens (including phenoxy) is 2. The monoisotopic (exact) mass is 284 g/mol. The molecule has 21 heavy (non-hydrogen) atoms. The number of rotatable bonds is 6. The molecular formula is C18H20O3. The van der Waals surface area contributed by atoms with Crippen molar-refractivity contribution < 1.29 is 14.3 Å². The summed E-state index contributed by atoms with van der Waals surface area (Å²) in [5, 5.41) is 0. The quantitative estimate of drug-likeness (QED) is 0.753. The van der Waals surface area contributed by atoms with Crippen LogP contribution in [0.25, 0.3) is 0 Å². The van der Waals surface area contributed by atoms with Crippen molar-refractivity contribution in [2.45, 2.75) is 32.5 Å². The van der Waals surface area contributed by atoms with Crippen LogP contribution in [-0.2, 0) is 16.1 Å². The minimum Gasteiger partial charge on any atom is -0.476 e. The van der Waals surface area contributed by atoms with Crippen LogP contribution in [0.2, 0.25) is 0 Å². The first kappa shape index (κ1) is 15.1. The molecule has 110 valence electrons. The van der Waals surface area contributed by atoms with Crippen LogP contribution in [0.1, 0.15) is 25.8 Å². The van der Waals surface area contributed by atoms with Gasteiger partial charge < -0.3 is 9.47 Å². The first-order valence-corrected chi connectivity index (χ1v) is 7.09.